The summed E-state index contributed by atoms with van der Waals surface area (Å²) >= 11 is 0. The van der Waals surface area contributed by atoms with Crippen molar-refractivity contribution in [3.63, 3.8) is 0 Å². The Morgan fingerprint density at radius 1 is 0.680 bits per heavy atom. The molecule has 0 amide bonds. The van der Waals surface area contributed by atoms with Crippen molar-refractivity contribution in [2.75, 3.05) is 12.0 Å². The van der Waals surface area contributed by atoms with Crippen LogP contribution in [0.25, 0.3) is 6.08 Å². The highest BCUT2D eigenvalue weighted by Crippen LogP contribution is 2.50. The fourth-order valence-electron chi connectivity index (χ4n) is 7.92. The number of ether oxygens (including phenoxy) is 2. The Labute approximate surface area is 296 Å². The summed E-state index contributed by atoms with van der Waals surface area (Å²) in [7, 11) is 1.71. The van der Waals surface area contributed by atoms with E-state index in [0.717, 1.165) is 29.3 Å². The van der Waals surface area contributed by atoms with Gasteiger partial charge in [-0.2, -0.15) is 0 Å². The van der Waals surface area contributed by atoms with E-state index < -0.39 is 5.41 Å². The molecule has 0 saturated carbocycles. The number of allylic oxidation sites excluding steroid dienone is 7. The van der Waals surface area contributed by atoms with E-state index >= 15 is 0 Å². The summed E-state index contributed by atoms with van der Waals surface area (Å²) in [5.74, 6) is 2.02. The fourth-order valence-corrected chi connectivity index (χ4v) is 7.92. The largest absolute Gasteiger partial charge is 0.497 e. The van der Waals surface area contributed by atoms with Crippen LogP contribution in [0.1, 0.15) is 65.6 Å². The van der Waals surface area contributed by atoms with Gasteiger partial charge in [-0.25, -0.2) is 0 Å². The molecule has 3 aliphatic carbocycles. The normalized spacial score (nSPS) is 16.6. The summed E-state index contributed by atoms with van der Waals surface area (Å²) in [4.78, 5) is 2.43. The number of hydrogen-bond acceptors (Lipinski definition) is 3. The summed E-state index contributed by atoms with van der Waals surface area (Å²) in [5, 5.41) is 0. The van der Waals surface area contributed by atoms with Gasteiger partial charge in [-0.1, -0.05) is 96.6 Å². The zero-order chi connectivity index (χ0) is 34.4. The molecule has 3 heteroatoms. The molecule has 2 atom stereocenters. The molecule has 8 rings (SSSR count). The zero-order valence-corrected chi connectivity index (χ0v) is 29.5. The Balaban J connectivity index is 1.25. The molecule has 0 aromatic heterocycles. The van der Waals surface area contributed by atoms with E-state index in [4.69, 9.17) is 9.47 Å². The van der Waals surface area contributed by atoms with Gasteiger partial charge >= 0.3 is 0 Å². The zero-order valence-electron chi connectivity index (χ0n) is 29.5. The molecule has 2 unspecified atom stereocenters. The number of benzene rings is 5. The summed E-state index contributed by atoms with van der Waals surface area (Å²) in [6.07, 6.45) is 14.9. The van der Waals surface area contributed by atoms with Crippen molar-refractivity contribution >= 4 is 23.1 Å². The topological polar surface area (TPSA) is 21.7 Å². The van der Waals surface area contributed by atoms with Gasteiger partial charge in [0, 0.05) is 28.3 Å². The van der Waals surface area contributed by atoms with Crippen molar-refractivity contribution in [3.05, 3.63) is 190 Å². The van der Waals surface area contributed by atoms with Crippen LogP contribution in [-0.4, -0.2) is 13.2 Å². The van der Waals surface area contributed by atoms with Crippen molar-refractivity contribution < 1.29 is 9.47 Å². The molecule has 50 heavy (non-hydrogen) atoms. The first-order chi connectivity index (χ1) is 24.3. The van der Waals surface area contributed by atoms with E-state index in [1.165, 1.54) is 55.8 Å². The molecule has 5 aromatic carbocycles. The molecule has 0 aliphatic heterocycles. The second kappa shape index (κ2) is 12.7. The summed E-state index contributed by atoms with van der Waals surface area (Å²) in [5.41, 5.74) is 14.8. The van der Waals surface area contributed by atoms with Crippen LogP contribution in [0.5, 0.6) is 11.5 Å². The predicted molar refractivity (Wildman–Crippen MR) is 207 cm³/mol. The Hall–Kier alpha value is -5.54. The van der Waals surface area contributed by atoms with Gasteiger partial charge < -0.3 is 14.4 Å². The number of nitrogens with zero attached hydrogens (tertiary/aromatic N) is 1. The Morgan fingerprint density at radius 2 is 1.28 bits per heavy atom. The Morgan fingerprint density at radius 3 is 1.90 bits per heavy atom. The standard InChI is InChI=1S/C47H43NO2/c1-31(2)50-42-27-19-38(20-28-42)47(4,37-17-25-41(49-5)26-18-37)36-15-23-40(24-16-36)48(39-21-9-32(3)10-22-39)44-30-14-35-12-11-33-7-6-8-34-13-29-43(44)46(35)45(33)34/h6-11,13-31,45H,12H2,1-5H3. The molecule has 0 N–H and O–H groups in total. The van der Waals surface area contributed by atoms with Gasteiger partial charge in [-0.05, 0) is 128 Å². The fraction of sp³-hybridized carbons (Fsp3) is 0.191. The van der Waals surface area contributed by atoms with Gasteiger partial charge in [0.25, 0.3) is 0 Å². The predicted octanol–water partition coefficient (Wildman–Crippen LogP) is 11.7. The van der Waals surface area contributed by atoms with Crippen LogP contribution in [0, 0.1) is 6.92 Å². The van der Waals surface area contributed by atoms with E-state index in [2.05, 4.69) is 178 Å². The maximum absolute atomic E-state index is 6.01. The number of anilines is 3. The minimum atomic E-state index is -0.420. The monoisotopic (exact) mass is 653 g/mol. The molecule has 0 spiro atoms. The lowest BCUT2D eigenvalue weighted by atomic mass is 9.70. The van der Waals surface area contributed by atoms with Gasteiger partial charge in [0.15, 0.2) is 0 Å². The molecule has 3 nitrogen and oxygen atoms in total. The summed E-state index contributed by atoms with van der Waals surface area (Å²) in [6.45, 7) is 8.57. The van der Waals surface area contributed by atoms with Crippen LogP contribution in [0.2, 0.25) is 0 Å². The molecular weight excluding hydrogens is 611 g/mol. The first-order valence-corrected chi connectivity index (χ1v) is 17.6. The van der Waals surface area contributed by atoms with Crippen molar-refractivity contribution in [1.29, 1.82) is 0 Å². The van der Waals surface area contributed by atoms with E-state index in [1.807, 2.05) is 0 Å². The number of methoxy groups -OCH3 is 1. The molecule has 0 saturated heterocycles. The van der Waals surface area contributed by atoms with Crippen LogP contribution < -0.4 is 14.4 Å². The average molecular weight is 654 g/mol. The van der Waals surface area contributed by atoms with Crippen molar-refractivity contribution in [3.8, 4) is 11.5 Å². The lowest BCUT2D eigenvalue weighted by molar-refractivity contribution is 0.242. The maximum Gasteiger partial charge on any atom is 0.119 e. The van der Waals surface area contributed by atoms with Gasteiger partial charge in [-0.15, -0.1) is 0 Å². The lowest BCUT2D eigenvalue weighted by Crippen LogP contribution is -2.25. The average Bonchev–Trinajstić information content (AvgIpc) is 3.15. The van der Waals surface area contributed by atoms with E-state index in [1.54, 1.807) is 7.11 Å². The van der Waals surface area contributed by atoms with Crippen LogP contribution in [0.3, 0.4) is 0 Å². The van der Waals surface area contributed by atoms with Crippen LogP contribution >= 0.6 is 0 Å². The van der Waals surface area contributed by atoms with E-state index in [0.29, 0.717) is 5.92 Å². The molecule has 0 heterocycles. The SMILES string of the molecule is COc1ccc(C(C)(c2ccc(OC(C)C)cc2)c2ccc(N(c3ccc(C)cc3)c3ccc4c5c3C=CC3=CC=CC(=CC4)C35)cc2)cc1. The van der Waals surface area contributed by atoms with Crippen LogP contribution in [0.4, 0.5) is 17.1 Å². The highest BCUT2D eigenvalue weighted by atomic mass is 16.5. The molecule has 0 bridgehead atoms. The van der Waals surface area contributed by atoms with E-state index in [9.17, 15) is 0 Å². The molecule has 3 aliphatic rings. The smallest absolute Gasteiger partial charge is 0.119 e. The van der Waals surface area contributed by atoms with E-state index in [-0.39, 0.29) is 6.10 Å². The third-order valence-corrected chi connectivity index (χ3v) is 10.6. The third-order valence-electron chi connectivity index (χ3n) is 10.6. The molecule has 0 fully saturated rings. The van der Waals surface area contributed by atoms with Gasteiger partial charge in [0.1, 0.15) is 11.5 Å². The minimum Gasteiger partial charge on any atom is -0.497 e. The quantitative estimate of drug-likeness (QED) is 0.148. The lowest BCUT2D eigenvalue weighted by Gasteiger charge is -2.37. The molecular formula is C47H43NO2. The number of hydrogen-bond donors (Lipinski definition) is 0. The Kier molecular flexibility index (Phi) is 8.07. The highest BCUT2D eigenvalue weighted by Gasteiger charge is 2.34. The second-order valence-electron chi connectivity index (χ2n) is 14.0. The summed E-state index contributed by atoms with van der Waals surface area (Å²) in [6, 6.07) is 39.8. The highest BCUT2D eigenvalue weighted by molar-refractivity contribution is 5.87. The van der Waals surface area contributed by atoms with Gasteiger partial charge in [0.05, 0.1) is 18.9 Å². The van der Waals surface area contributed by atoms with Crippen molar-refractivity contribution in [2.24, 2.45) is 0 Å². The van der Waals surface area contributed by atoms with Gasteiger partial charge in [-0.3, -0.25) is 0 Å². The van der Waals surface area contributed by atoms with Gasteiger partial charge in [0.2, 0.25) is 0 Å². The minimum absolute atomic E-state index is 0.120. The third kappa shape index (κ3) is 5.47. The number of aryl methyl sites for hydroxylation is 1. The first-order valence-electron chi connectivity index (χ1n) is 17.6. The summed E-state index contributed by atoms with van der Waals surface area (Å²) < 4.78 is 11.5. The maximum atomic E-state index is 6.01. The van der Waals surface area contributed by atoms with Crippen LogP contribution in [0.15, 0.2) is 151 Å². The van der Waals surface area contributed by atoms with Crippen molar-refractivity contribution in [1.82, 2.24) is 0 Å². The molecule has 5 aromatic rings. The van der Waals surface area contributed by atoms with Crippen molar-refractivity contribution in [2.45, 2.75) is 51.6 Å². The Bertz CT molecular complexity index is 2170. The molecule has 248 valence electrons. The molecule has 0 radical (unpaired) electrons. The number of rotatable bonds is 9. The van der Waals surface area contributed by atoms with Crippen LogP contribution in [-0.2, 0) is 11.8 Å². The first kappa shape index (κ1) is 31.7. The second-order valence-corrected chi connectivity index (χ2v) is 14.0.